The van der Waals surface area contributed by atoms with Gasteiger partial charge >= 0.3 is 6.18 Å². The fourth-order valence-corrected chi connectivity index (χ4v) is 1.43. The van der Waals surface area contributed by atoms with Gasteiger partial charge in [-0.1, -0.05) is 28.1 Å². The van der Waals surface area contributed by atoms with Crippen LogP contribution in [0.4, 0.5) is 13.2 Å². The zero-order valence-electron chi connectivity index (χ0n) is 8.23. The van der Waals surface area contributed by atoms with Crippen molar-refractivity contribution in [2.45, 2.75) is 18.7 Å². The van der Waals surface area contributed by atoms with Gasteiger partial charge < -0.3 is 4.74 Å². The molecule has 0 N–H and O–H groups in total. The van der Waals surface area contributed by atoms with Crippen LogP contribution in [0.1, 0.15) is 12.5 Å². The van der Waals surface area contributed by atoms with Gasteiger partial charge in [-0.05, 0) is 24.6 Å². The van der Waals surface area contributed by atoms with Crippen LogP contribution in [0.25, 0.3) is 0 Å². The summed E-state index contributed by atoms with van der Waals surface area (Å²) in [6, 6.07) is 5.89. The summed E-state index contributed by atoms with van der Waals surface area (Å²) >= 11 is 3.16. The molecule has 0 heterocycles. The summed E-state index contributed by atoms with van der Waals surface area (Å²) in [6.07, 6.45) is -4.43. The average Bonchev–Trinajstić information content (AvgIpc) is 2.16. The standard InChI is InChI=1S/C10H10BrF3O/c1-9(15-2,10(12,13)14)7-3-5-8(11)6-4-7/h3-6H,1-2H3/t9-/m0/s1. The molecule has 15 heavy (non-hydrogen) atoms. The van der Waals surface area contributed by atoms with Crippen molar-refractivity contribution in [2.24, 2.45) is 0 Å². The van der Waals surface area contributed by atoms with Gasteiger partial charge in [-0.2, -0.15) is 13.2 Å². The average molecular weight is 283 g/mol. The third kappa shape index (κ3) is 2.34. The minimum Gasteiger partial charge on any atom is -0.364 e. The van der Waals surface area contributed by atoms with Crippen molar-refractivity contribution < 1.29 is 17.9 Å². The maximum absolute atomic E-state index is 12.8. The van der Waals surface area contributed by atoms with Gasteiger partial charge in [0, 0.05) is 11.6 Å². The maximum atomic E-state index is 12.8. The number of benzene rings is 1. The molecule has 0 saturated heterocycles. The molecule has 1 aromatic carbocycles. The van der Waals surface area contributed by atoms with E-state index >= 15 is 0 Å². The normalized spacial score (nSPS) is 16.1. The van der Waals surface area contributed by atoms with Crippen molar-refractivity contribution in [2.75, 3.05) is 7.11 Å². The fraction of sp³-hybridized carbons (Fsp3) is 0.400. The molecule has 0 amide bonds. The Morgan fingerprint density at radius 3 is 1.93 bits per heavy atom. The number of hydrogen-bond acceptors (Lipinski definition) is 1. The van der Waals surface area contributed by atoms with Crippen molar-refractivity contribution in [3.63, 3.8) is 0 Å². The number of alkyl halides is 3. The second-order valence-electron chi connectivity index (χ2n) is 3.24. The molecule has 1 rings (SSSR count). The van der Waals surface area contributed by atoms with Crippen molar-refractivity contribution in [3.8, 4) is 0 Å². The van der Waals surface area contributed by atoms with Crippen LogP contribution in [0, 0.1) is 0 Å². The number of hydrogen-bond donors (Lipinski definition) is 0. The Bertz CT molecular complexity index is 334. The van der Waals surface area contributed by atoms with Gasteiger partial charge in [-0.15, -0.1) is 0 Å². The Labute approximate surface area is 94.4 Å². The lowest BCUT2D eigenvalue weighted by atomic mass is 9.95. The highest BCUT2D eigenvalue weighted by atomic mass is 79.9. The van der Waals surface area contributed by atoms with E-state index < -0.39 is 11.8 Å². The lowest BCUT2D eigenvalue weighted by molar-refractivity contribution is -0.269. The van der Waals surface area contributed by atoms with Crippen molar-refractivity contribution >= 4 is 15.9 Å². The van der Waals surface area contributed by atoms with Crippen LogP contribution in [0.5, 0.6) is 0 Å². The highest BCUT2D eigenvalue weighted by Crippen LogP contribution is 2.41. The first-order valence-corrected chi connectivity index (χ1v) is 4.98. The van der Waals surface area contributed by atoms with Crippen LogP contribution in [-0.4, -0.2) is 13.3 Å². The van der Waals surface area contributed by atoms with Gasteiger partial charge in [0.25, 0.3) is 0 Å². The SMILES string of the molecule is CO[C@@](C)(c1ccc(Br)cc1)C(F)(F)F. The van der Waals surface area contributed by atoms with Gasteiger partial charge in [0.15, 0.2) is 5.60 Å². The van der Waals surface area contributed by atoms with Crippen LogP contribution >= 0.6 is 15.9 Å². The summed E-state index contributed by atoms with van der Waals surface area (Å²) in [5.74, 6) is 0. The van der Waals surface area contributed by atoms with Crippen LogP contribution in [0.15, 0.2) is 28.7 Å². The molecule has 0 aliphatic carbocycles. The summed E-state index contributed by atoms with van der Waals surface area (Å²) < 4.78 is 43.6. The summed E-state index contributed by atoms with van der Waals surface area (Å²) in [7, 11) is 1.05. The Morgan fingerprint density at radius 2 is 1.60 bits per heavy atom. The molecule has 0 aliphatic rings. The first-order valence-electron chi connectivity index (χ1n) is 4.19. The van der Waals surface area contributed by atoms with Gasteiger partial charge in [0.05, 0.1) is 0 Å². The molecule has 0 aliphatic heterocycles. The van der Waals surface area contributed by atoms with E-state index in [1.807, 2.05) is 0 Å². The quantitative estimate of drug-likeness (QED) is 0.800. The number of methoxy groups -OCH3 is 1. The third-order valence-electron chi connectivity index (χ3n) is 2.34. The van der Waals surface area contributed by atoms with Crippen LogP contribution in [0.3, 0.4) is 0 Å². The van der Waals surface area contributed by atoms with E-state index in [0.717, 1.165) is 18.5 Å². The fourth-order valence-electron chi connectivity index (χ4n) is 1.17. The Morgan fingerprint density at radius 1 is 1.13 bits per heavy atom. The molecule has 0 spiro atoms. The van der Waals surface area contributed by atoms with Gasteiger partial charge in [-0.25, -0.2) is 0 Å². The van der Waals surface area contributed by atoms with Gasteiger partial charge in [-0.3, -0.25) is 0 Å². The van der Waals surface area contributed by atoms with E-state index in [-0.39, 0.29) is 5.56 Å². The molecule has 0 aromatic heterocycles. The second-order valence-corrected chi connectivity index (χ2v) is 4.16. The van der Waals surface area contributed by atoms with E-state index in [9.17, 15) is 13.2 Å². The summed E-state index contributed by atoms with van der Waals surface area (Å²) in [5.41, 5.74) is -2.17. The second kappa shape index (κ2) is 4.14. The van der Waals surface area contributed by atoms with Crippen molar-refractivity contribution in [1.82, 2.24) is 0 Å². The van der Waals surface area contributed by atoms with E-state index in [4.69, 9.17) is 0 Å². The first kappa shape index (κ1) is 12.5. The molecule has 0 unspecified atom stereocenters. The molecule has 5 heteroatoms. The number of halogens is 4. The van der Waals surface area contributed by atoms with Gasteiger partial charge in [0.2, 0.25) is 0 Å². The Hall–Kier alpha value is -0.550. The minimum atomic E-state index is -4.43. The predicted molar refractivity (Wildman–Crippen MR) is 54.6 cm³/mol. The molecule has 0 fully saturated rings. The molecule has 0 radical (unpaired) electrons. The summed E-state index contributed by atoms with van der Waals surface area (Å²) in [5, 5.41) is 0. The largest absolute Gasteiger partial charge is 0.421 e. The highest BCUT2D eigenvalue weighted by molar-refractivity contribution is 9.10. The zero-order valence-corrected chi connectivity index (χ0v) is 9.82. The summed E-state index contributed by atoms with van der Waals surface area (Å²) in [4.78, 5) is 0. The van der Waals surface area contributed by atoms with E-state index in [1.165, 1.54) is 12.1 Å². The number of rotatable bonds is 2. The monoisotopic (exact) mass is 282 g/mol. The molecular weight excluding hydrogens is 273 g/mol. The van der Waals surface area contributed by atoms with Crippen molar-refractivity contribution in [3.05, 3.63) is 34.3 Å². The van der Waals surface area contributed by atoms with Crippen LogP contribution < -0.4 is 0 Å². The van der Waals surface area contributed by atoms with E-state index in [1.54, 1.807) is 12.1 Å². The Kier molecular flexibility index (Phi) is 3.45. The van der Waals surface area contributed by atoms with Crippen molar-refractivity contribution in [1.29, 1.82) is 0 Å². The number of ether oxygens (including phenoxy) is 1. The van der Waals surface area contributed by atoms with Crippen LogP contribution in [-0.2, 0) is 10.3 Å². The topological polar surface area (TPSA) is 9.23 Å². The molecule has 1 atom stereocenters. The van der Waals surface area contributed by atoms with E-state index in [0.29, 0.717) is 0 Å². The summed E-state index contributed by atoms with van der Waals surface area (Å²) in [6.45, 7) is 1.01. The highest BCUT2D eigenvalue weighted by Gasteiger charge is 2.52. The first-order chi connectivity index (χ1) is 6.81. The lowest BCUT2D eigenvalue weighted by Crippen LogP contribution is -2.41. The lowest BCUT2D eigenvalue weighted by Gasteiger charge is -2.30. The molecular formula is C10H10BrF3O. The molecule has 1 aromatic rings. The van der Waals surface area contributed by atoms with Gasteiger partial charge in [0.1, 0.15) is 0 Å². The Balaban J connectivity index is 3.18. The van der Waals surface area contributed by atoms with E-state index in [2.05, 4.69) is 20.7 Å². The molecule has 0 saturated carbocycles. The van der Waals surface area contributed by atoms with Crippen LogP contribution in [0.2, 0.25) is 0 Å². The zero-order chi connectivity index (χ0) is 11.7. The molecule has 84 valence electrons. The molecule has 0 bridgehead atoms. The minimum absolute atomic E-state index is 0.0840. The smallest absolute Gasteiger partial charge is 0.364 e. The maximum Gasteiger partial charge on any atom is 0.421 e. The predicted octanol–water partition coefficient (Wildman–Crippen LogP) is 3.87. The third-order valence-corrected chi connectivity index (χ3v) is 2.87. The molecule has 1 nitrogen and oxygen atoms in total.